The van der Waals surface area contributed by atoms with Crippen molar-refractivity contribution in [2.24, 2.45) is 0 Å². The lowest BCUT2D eigenvalue weighted by Gasteiger charge is -2.06. The van der Waals surface area contributed by atoms with Crippen molar-refractivity contribution in [1.82, 2.24) is 0 Å². The van der Waals surface area contributed by atoms with Gasteiger partial charge in [0.25, 0.3) is 0 Å². The van der Waals surface area contributed by atoms with E-state index in [1.807, 2.05) is 13.8 Å². The maximum absolute atomic E-state index is 12.0. The summed E-state index contributed by atoms with van der Waals surface area (Å²) in [5.41, 5.74) is -1.32. The molecule has 0 bridgehead atoms. The number of alkyl halides is 3. The Labute approximate surface area is 85.3 Å². The van der Waals surface area contributed by atoms with Gasteiger partial charge in [0, 0.05) is 0 Å². The third-order valence-electron chi connectivity index (χ3n) is 1.44. The molecule has 0 amide bonds. The van der Waals surface area contributed by atoms with E-state index < -0.39 is 17.7 Å². The predicted molar refractivity (Wildman–Crippen MR) is 49.8 cm³/mol. The van der Waals surface area contributed by atoms with Crippen LogP contribution in [0.15, 0.2) is 24.3 Å². The van der Waals surface area contributed by atoms with Crippen molar-refractivity contribution in [3.8, 4) is 0 Å². The number of carbonyl (C=O) groups is 1. The van der Waals surface area contributed by atoms with Crippen molar-refractivity contribution in [1.29, 1.82) is 0 Å². The Morgan fingerprint density at radius 2 is 1.80 bits per heavy atom. The molecule has 0 aromatic heterocycles. The van der Waals surface area contributed by atoms with Crippen LogP contribution in [0.25, 0.3) is 0 Å². The van der Waals surface area contributed by atoms with Crippen molar-refractivity contribution in [2.45, 2.75) is 20.0 Å². The van der Waals surface area contributed by atoms with Crippen LogP contribution < -0.4 is 0 Å². The molecule has 0 aliphatic rings. The molecule has 0 heterocycles. The smallest absolute Gasteiger partial charge is 0.416 e. The maximum atomic E-state index is 12.0. The SMILES string of the molecule is CC.O=C(O)c1cccc(C(F)(F)F)c1. The summed E-state index contributed by atoms with van der Waals surface area (Å²) >= 11 is 0. The van der Waals surface area contributed by atoms with Gasteiger partial charge < -0.3 is 5.11 Å². The molecule has 84 valence electrons. The van der Waals surface area contributed by atoms with Crippen LogP contribution in [-0.4, -0.2) is 11.1 Å². The van der Waals surface area contributed by atoms with Crippen LogP contribution in [0.2, 0.25) is 0 Å². The van der Waals surface area contributed by atoms with Gasteiger partial charge in [0.1, 0.15) is 0 Å². The molecule has 1 aromatic rings. The van der Waals surface area contributed by atoms with E-state index in [9.17, 15) is 18.0 Å². The van der Waals surface area contributed by atoms with Gasteiger partial charge in [-0.3, -0.25) is 0 Å². The molecular weight excluding hydrogens is 209 g/mol. The fourth-order valence-corrected chi connectivity index (χ4v) is 0.829. The number of hydrogen-bond donors (Lipinski definition) is 1. The molecule has 0 aliphatic carbocycles. The molecule has 0 aliphatic heterocycles. The summed E-state index contributed by atoms with van der Waals surface area (Å²) in [5.74, 6) is -1.37. The highest BCUT2D eigenvalue weighted by atomic mass is 19.4. The Kier molecular flexibility index (Phi) is 4.84. The van der Waals surface area contributed by atoms with E-state index >= 15 is 0 Å². The van der Waals surface area contributed by atoms with Gasteiger partial charge in [-0.25, -0.2) is 4.79 Å². The van der Waals surface area contributed by atoms with E-state index in [2.05, 4.69) is 0 Å². The number of benzene rings is 1. The molecule has 15 heavy (non-hydrogen) atoms. The first-order valence-electron chi connectivity index (χ1n) is 4.32. The Morgan fingerprint density at radius 1 is 1.27 bits per heavy atom. The molecule has 1 N–H and O–H groups in total. The largest absolute Gasteiger partial charge is 0.478 e. The van der Waals surface area contributed by atoms with E-state index in [0.29, 0.717) is 6.07 Å². The van der Waals surface area contributed by atoms with E-state index in [4.69, 9.17) is 5.11 Å². The summed E-state index contributed by atoms with van der Waals surface area (Å²) in [6.07, 6.45) is -4.49. The van der Waals surface area contributed by atoms with Crippen molar-refractivity contribution < 1.29 is 23.1 Å². The molecule has 0 spiro atoms. The first-order valence-corrected chi connectivity index (χ1v) is 4.32. The minimum Gasteiger partial charge on any atom is -0.478 e. The zero-order valence-corrected chi connectivity index (χ0v) is 8.30. The monoisotopic (exact) mass is 220 g/mol. The zero-order valence-electron chi connectivity index (χ0n) is 8.30. The zero-order chi connectivity index (χ0) is 12.1. The second-order valence-corrected chi connectivity index (χ2v) is 2.38. The molecule has 0 fully saturated rings. The molecule has 0 saturated carbocycles. The van der Waals surface area contributed by atoms with Crippen molar-refractivity contribution >= 4 is 5.97 Å². The van der Waals surface area contributed by atoms with Gasteiger partial charge in [-0.15, -0.1) is 0 Å². The van der Waals surface area contributed by atoms with Crippen LogP contribution >= 0.6 is 0 Å². The maximum Gasteiger partial charge on any atom is 0.416 e. The average molecular weight is 220 g/mol. The number of rotatable bonds is 1. The molecule has 0 saturated heterocycles. The van der Waals surface area contributed by atoms with Gasteiger partial charge in [0.05, 0.1) is 11.1 Å². The first-order chi connectivity index (χ1) is 6.91. The number of carboxylic acid groups (broad SMARTS) is 1. The minimum atomic E-state index is -4.49. The van der Waals surface area contributed by atoms with Gasteiger partial charge in [0.2, 0.25) is 0 Å². The lowest BCUT2D eigenvalue weighted by atomic mass is 10.1. The predicted octanol–water partition coefficient (Wildman–Crippen LogP) is 3.43. The van der Waals surface area contributed by atoms with E-state index in [0.717, 1.165) is 18.2 Å². The molecule has 0 unspecified atom stereocenters. The molecule has 0 atom stereocenters. The third-order valence-corrected chi connectivity index (χ3v) is 1.44. The highest BCUT2D eigenvalue weighted by Crippen LogP contribution is 2.29. The van der Waals surface area contributed by atoms with Gasteiger partial charge >= 0.3 is 12.1 Å². The summed E-state index contributed by atoms with van der Waals surface area (Å²) < 4.78 is 36.1. The summed E-state index contributed by atoms with van der Waals surface area (Å²) in [7, 11) is 0. The number of hydrogen-bond acceptors (Lipinski definition) is 1. The van der Waals surface area contributed by atoms with Gasteiger partial charge in [-0.2, -0.15) is 13.2 Å². The number of aromatic carboxylic acids is 1. The lowest BCUT2D eigenvalue weighted by molar-refractivity contribution is -0.137. The molecule has 2 nitrogen and oxygen atoms in total. The fourth-order valence-electron chi connectivity index (χ4n) is 0.829. The summed E-state index contributed by atoms with van der Waals surface area (Å²) in [4.78, 5) is 10.3. The standard InChI is InChI=1S/C8H5F3O2.C2H6/c9-8(10,11)6-3-1-2-5(4-6)7(12)13;1-2/h1-4H,(H,12,13);1-2H3. The van der Waals surface area contributed by atoms with Gasteiger partial charge in [-0.1, -0.05) is 19.9 Å². The molecule has 1 rings (SSSR count). The van der Waals surface area contributed by atoms with Gasteiger partial charge in [-0.05, 0) is 18.2 Å². The van der Waals surface area contributed by atoms with Crippen molar-refractivity contribution in [3.05, 3.63) is 35.4 Å². The second kappa shape index (κ2) is 5.38. The Bertz CT molecular complexity index is 332. The highest BCUT2D eigenvalue weighted by molar-refractivity contribution is 5.87. The quantitative estimate of drug-likeness (QED) is 0.787. The third kappa shape index (κ3) is 4.01. The van der Waals surface area contributed by atoms with E-state index in [1.54, 1.807) is 0 Å². The van der Waals surface area contributed by atoms with Crippen molar-refractivity contribution in [3.63, 3.8) is 0 Å². The highest BCUT2D eigenvalue weighted by Gasteiger charge is 2.30. The second-order valence-electron chi connectivity index (χ2n) is 2.38. The van der Waals surface area contributed by atoms with Crippen LogP contribution in [0, 0.1) is 0 Å². The van der Waals surface area contributed by atoms with Crippen LogP contribution in [0.1, 0.15) is 29.8 Å². The summed E-state index contributed by atoms with van der Waals surface area (Å²) in [6.45, 7) is 4.00. The summed E-state index contributed by atoms with van der Waals surface area (Å²) in [5, 5.41) is 8.41. The fraction of sp³-hybridized carbons (Fsp3) is 0.300. The first kappa shape index (κ1) is 13.5. The lowest BCUT2D eigenvalue weighted by Crippen LogP contribution is -2.06. The Balaban J connectivity index is 0.000000921. The normalized spacial score (nSPS) is 10.2. The number of carboxylic acids is 1. The van der Waals surface area contributed by atoms with Crippen LogP contribution in [0.3, 0.4) is 0 Å². The van der Waals surface area contributed by atoms with Crippen molar-refractivity contribution in [2.75, 3.05) is 0 Å². The molecular formula is C10H11F3O2. The number of halogens is 3. The minimum absolute atomic E-state index is 0.366. The molecule has 5 heteroatoms. The molecule has 0 radical (unpaired) electrons. The molecule has 1 aromatic carbocycles. The van der Waals surface area contributed by atoms with Crippen LogP contribution in [0.5, 0.6) is 0 Å². The summed E-state index contributed by atoms with van der Waals surface area (Å²) in [6, 6.07) is 3.60. The van der Waals surface area contributed by atoms with E-state index in [1.165, 1.54) is 0 Å². The topological polar surface area (TPSA) is 37.3 Å². The van der Waals surface area contributed by atoms with Gasteiger partial charge in [0.15, 0.2) is 0 Å². The van der Waals surface area contributed by atoms with Crippen LogP contribution in [-0.2, 0) is 6.18 Å². The Morgan fingerprint density at radius 3 is 2.20 bits per heavy atom. The van der Waals surface area contributed by atoms with E-state index in [-0.39, 0.29) is 5.56 Å². The van der Waals surface area contributed by atoms with Crippen LogP contribution in [0.4, 0.5) is 13.2 Å². The average Bonchev–Trinajstić information content (AvgIpc) is 2.20. The Hall–Kier alpha value is -1.52.